The van der Waals surface area contributed by atoms with Crippen LogP contribution in [0.5, 0.6) is 0 Å². The number of nitrogens with zero attached hydrogens (tertiary/aromatic N) is 2. The molecule has 1 aliphatic heterocycles. The van der Waals surface area contributed by atoms with Crippen LogP contribution in [0.25, 0.3) is 0 Å². The Morgan fingerprint density at radius 1 is 1.45 bits per heavy atom. The van der Waals surface area contributed by atoms with Crippen LogP contribution in [0.3, 0.4) is 0 Å². The van der Waals surface area contributed by atoms with Crippen LogP contribution in [0.1, 0.15) is 42.2 Å². The summed E-state index contributed by atoms with van der Waals surface area (Å²) in [7, 11) is 0. The lowest BCUT2D eigenvalue weighted by Crippen LogP contribution is -2.62. The predicted molar refractivity (Wildman–Crippen MR) is 82.6 cm³/mol. The number of ether oxygens (including phenoxy) is 1. The maximum absolute atomic E-state index is 12.5. The Labute approximate surface area is 131 Å². The van der Waals surface area contributed by atoms with Crippen molar-refractivity contribution in [1.29, 1.82) is 0 Å². The molecule has 1 spiro atoms. The number of aryl methyl sites for hydroxylation is 1. The Balaban J connectivity index is 1.64. The summed E-state index contributed by atoms with van der Waals surface area (Å²) in [6.45, 7) is 5.92. The molecule has 1 amide bonds. The summed E-state index contributed by atoms with van der Waals surface area (Å²) in [5.74, 6) is 0.0316. The molecule has 1 aliphatic carbocycles. The average molecular weight is 304 g/mol. The summed E-state index contributed by atoms with van der Waals surface area (Å²) in [5.41, 5.74) is 1.40. The minimum absolute atomic E-state index is 0.0316. The first-order chi connectivity index (χ1) is 10.6. The number of pyridine rings is 1. The maximum atomic E-state index is 12.5. The van der Waals surface area contributed by atoms with Gasteiger partial charge in [0.2, 0.25) is 0 Å². The zero-order chi connectivity index (χ0) is 15.7. The average Bonchev–Trinajstić information content (AvgIpc) is 2.55. The number of rotatable bonds is 3. The standard InChI is InChI=1S/C17H24N2O3/c1-3-22-15-10-14(20)17(15)6-8-19(9-7-17)16(21)13-5-4-12(2)18-11-13/h4-5,11,14-15,20H,3,6-10H2,1-2H3/t14-,15+/m1/s1. The summed E-state index contributed by atoms with van der Waals surface area (Å²) in [6, 6.07) is 3.69. The highest BCUT2D eigenvalue weighted by atomic mass is 16.5. The lowest BCUT2D eigenvalue weighted by atomic mass is 9.58. The molecule has 1 aromatic heterocycles. The van der Waals surface area contributed by atoms with Gasteiger partial charge in [-0.3, -0.25) is 9.78 Å². The van der Waals surface area contributed by atoms with Gasteiger partial charge in [-0.2, -0.15) is 0 Å². The van der Waals surface area contributed by atoms with E-state index in [9.17, 15) is 9.90 Å². The van der Waals surface area contributed by atoms with Crippen LogP contribution in [-0.4, -0.2) is 52.8 Å². The lowest BCUT2D eigenvalue weighted by molar-refractivity contribution is -0.207. The molecule has 2 heterocycles. The Morgan fingerprint density at radius 2 is 2.18 bits per heavy atom. The normalized spacial score (nSPS) is 26.8. The van der Waals surface area contributed by atoms with E-state index in [2.05, 4.69) is 4.98 Å². The molecule has 0 bridgehead atoms. The van der Waals surface area contributed by atoms with E-state index < -0.39 is 0 Å². The Kier molecular flexibility index (Phi) is 4.19. The number of hydrogen-bond donors (Lipinski definition) is 1. The Hall–Kier alpha value is -1.46. The summed E-state index contributed by atoms with van der Waals surface area (Å²) in [4.78, 5) is 18.6. The zero-order valence-corrected chi connectivity index (χ0v) is 13.3. The molecule has 120 valence electrons. The zero-order valence-electron chi connectivity index (χ0n) is 13.3. The largest absolute Gasteiger partial charge is 0.392 e. The van der Waals surface area contributed by atoms with Crippen LogP contribution >= 0.6 is 0 Å². The van der Waals surface area contributed by atoms with Crippen LogP contribution in [-0.2, 0) is 4.74 Å². The third kappa shape index (κ3) is 2.52. The highest BCUT2D eigenvalue weighted by molar-refractivity contribution is 5.94. The number of amides is 1. The van der Waals surface area contributed by atoms with Crippen molar-refractivity contribution < 1.29 is 14.6 Å². The van der Waals surface area contributed by atoms with E-state index >= 15 is 0 Å². The first kappa shape index (κ1) is 15.4. The SMILES string of the molecule is CCO[C@H]1C[C@@H](O)C12CCN(C(=O)c1ccc(C)nc1)CC2. The van der Waals surface area contributed by atoms with Crippen molar-refractivity contribution in [2.45, 2.75) is 45.3 Å². The molecule has 0 aromatic carbocycles. The van der Waals surface area contributed by atoms with Crippen LogP contribution in [0.15, 0.2) is 18.3 Å². The minimum Gasteiger partial charge on any atom is -0.392 e. The smallest absolute Gasteiger partial charge is 0.255 e. The highest BCUT2D eigenvalue weighted by Crippen LogP contribution is 2.51. The van der Waals surface area contributed by atoms with Gasteiger partial charge in [0.15, 0.2) is 0 Å². The molecule has 2 atom stereocenters. The van der Waals surface area contributed by atoms with Gasteiger partial charge in [-0.15, -0.1) is 0 Å². The number of aliphatic hydroxyl groups excluding tert-OH is 1. The first-order valence-electron chi connectivity index (χ1n) is 8.08. The van der Waals surface area contributed by atoms with Crippen LogP contribution in [0, 0.1) is 12.3 Å². The summed E-state index contributed by atoms with van der Waals surface area (Å²) in [6.07, 6.45) is 3.84. The monoisotopic (exact) mass is 304 g/mol. The molecule has 5 heteroatoms. The fourth-order valence-corrected chi connectivity index (χ4v) is 3.72. The van der Waals surface area contributed by atoms with Crippen molar-refractivity contribution in [2.75, 3.05) is 19.7 Å². The van der Waals surface area contributed by atoms with Gasteiger partial charge in [0, 0.05) is 43.4 Å². The molecule has 3 rings (SSSR count). The fourth-order valence-electron chi connectivity index (χ4n) is 3.72. The highest BCUT2D eigenvalue weighted by Gasteiger charge is 2.56. The minimum atomic E-state index is -0.289. The molecule has 1 aromatic rings. The predicted octanol–water partition coefficient (Wildman–Crippen LogP) is 1.78. The molecule has 1 saturated carbocycles. The number of carbonyl (C=O) groups is 1. The molecule has 0 unspecified atom stereocenters. The van der Waals surface area contributed by atoms with Crippen LogP contribution < -0.4 is 0 Å². The maximum Gasteiger partial charge on any atom is 0.255 e. The molecule has 1 saturated heterocycles. The van der Waals surface area contributed by atoms with Gasteiger partial charge in [0.25, 0.3) is 5.91 Å². The third-order valence-corrected chi connectivity index (χ3v) is 5.25. The summed E-state index contributed by atoms with van der Waals surface area (Å²) in [5, 5.41) is 10.2. The fraction of sp³-hybridized carbons (Fsp3) is 0.647. The van der Waals surface area contributed by atoms with Gasteiger partial charge >= 0.3 is 0 Å². The van der Waals surface area contributed by atoms with Gasteiger partial charge in [-0.05, 0) is 38.8 Å². The van der Waals surface area contributed by atoms with E-state index in [-0.39, 0.29) is 23.5 Å². The number of aromatic nitrogens is 1. The van der Waals surface area contributed by atoms with E-state index in [4.69, 9.17) is 4.74 Å². The van der Waals surface area contributed by atoms with Gasteiger partial charge in [-0.1, -0.05) is 0 Å². The molecular weight excluding hydrogens is 280 g/mol. The molecule has 2 aliphatic rings. The van der Waals surface area contributed by atoms with Crippen LogP contribution in [0.2, 0.25) is 0 Å². The molecular formula is C17H24N2O3. The topological polar surface area (TPSA) is 62.7 Å². The van der Waals surface area contributed by atoms with Crippen molar-refractivity contribution in [3.05, 3.63) is 29.6 Å². The van der Waals surface area contributed by atoms with E-state index in [1.165, 1.54) is 0 Å². The summed E-state index contributed by atoms with van der Waals surface area (Å²) < 4.78 is 5.76. The second-order valence-electron chi connectivity index (χ2n) is 6.41. The van der Waals surface area contributed by atoms with E-state index in [0.29, 0.717) is 25.3 Å². The van der Waals surface area contributed by atoms with Crippen molar-refractivity contribution in [3.8, 4) is 0 Å². The molecule has 2 fully saturated rings. The van der Waals surface area contributed by atoms with Crippen LogP contribution in [0.4, 0.5) is 0 Å². The number of aliphatic hydroxyl groups is 1. The van der Waals surface area contributed by atoms with Crippen molar-refractivity contribution >= 4 is 5.91 Å². The number of carbonyl (C=O) groups excluding carboxylic acids is 1. The van der Waals surface area contributed by atoms with E-state index in [1.807, 2.05) is 30.9 Å². The van der Waals surface area contributed by atoms with E-state index in [0.717, 1.165) is 25.0 Å². The molecule has 1 N–H and O–H groups in total. The quantitative estimate of drug-likeness (QED) is 0.924. The lowest BCUT2D eigenvalue weighted by Gasteiger charge is -2.56. The first-order valence-corrected chi connectivity index (χ1v) is 8.08. The molecule has 22 heavy (non-hydrogen) atoms. The number of likely N-dealkylation sites (tertiary alicyclic amines) is 1. The second kappa shape index (κ2) is 5.97. The number of piperidine rings is 1. The Morgan fingerprint density at radius 3 is 2.73 bits per heavy atom. The van der Waals surface area contributed by atoms with Gasteiger partial charge in [-0.25, -0.2) is 0 Å². The van der Waals surface area contributed by atoms with E-state index in [1.54, 1.807) is 6.20 Å². The van der Waals surface area contributed by atoms with Gasteiger partial charge < -0.3 is 14.7 Å². The van der Waals surface area contributed by atoms with Crippen molar-refractivity contribution in [2.24, 2.45) is 5.41 Å². The van der Waals surface area contributed by atoms with Gasteiger partial charge in [0.1, 0.15) is 0 Å². The van der Waals surface area contributed by atoms with Crippen molar-refractivity contribution in [3.63, 3.8) is 0 Å². The molecule has 0 radical (unpaired) electrons. The van der Waals surface area contributed by atoms with Crippen molar-refractivity contribution in [1.82, 2.24) is 9.88 Å². The Bertz CT molecular complexity index is 533. The second-order valence-corrected chi connectivity index (χ2v) is 6.41. The summed E-state index contributed by atoms with van der Waals surface area (Å²) >= 11 is 0. The number of hydrogen-bond acceptors (Lipinski definition) is 4. The third-order valence-electron chi connectivity index (χ3n) is 5.25. The molecule has 5 nitrogen and oxygen atoms in total. The van der Waals surface area contributed by atoms with Gasteiger partial charge in [0.05, 0.1) is 17.8 Å².